The Labute approximate surface area is 126 Å². The largest absolute Gasteiger partial charge is 0.465 e. The summed E-state index contributed by atoms with van der Waals surface area (Å²) >= 11 is 3.44. The van der Waals surface area contributed by atoms with Crippen LogP contribution in [0.3, 0.4) is 0 Å². The third-order valence-electron chi connectivity index (χ3n) is 2.85. The van der Waals surface area contributed by atoms with Gasteiger partial charge in [0.15, 0.2) is 0 Å². The molecule has 0 aliphatic carbocycles. The molecule has 0 unspecified atom stereocenters. The van der Waals surface area contributed by atoms with E-state index in [9.17, 15) is 4.79 Å². The lowest BCUT2D eigenvalue weighted by Gasteiger charge is -2.09. The smallest absolute Gasteiger partial charge is 0.339 e. The number of carbonyl (C=O) groups excluding carboxylic acids is 1. The highest BCUT2D eigenvalue weighted by molar-refractivity contribution is 9.10. The van der Waals surface area contributed by atoms with E-state index in [1.165, 1.54) is 7.11 Å². The second-order valence-corrected chi connectivity index (χ2v) is 5.22. The van der Waals surface area contributed by atoms with Crippen LogP contribution in [0.5, 0.6) is 0 Å². The molecule has 2 rings (SSSR count). The molecule has 0 amide bonds. The molecular weight excluding hydrogens is 320 g/mol. The zero-order valence-corrected chi connectivity index (χ0v) is 12.9. The summed E-state index contributed by atoms with van der Waals surface area (Å²) in [5.41, 5.74) is 2.28. The Balaban J connectivity index is 2.07. The first-order valence-electron chi connectivity index (χ1n) is 6.14. The minimum absolute atomic E-state index is 0.367. The number of hydrogen-bond donors (Lipinski definition) is 1. The van der Waals surface area contributed by atoms with E-state index in [1.54, 1.807) is 19.1 Å². The van der Waals surface area contributed by atoms with E-state index >= 15 is 0 Å². The third kappa shape index (κ3) is 3.57. The summed E-state index contributed by atoms with van der Waals surface area (Å²) in [6.07, 6.45) is 0. The molecule has 1 heterocycles. The fourth-order valence-electron chi connectivity index (χ4n) is 1.82. The highest BCUT2D eigenvalue weighted by Crippen LogP contribution is 2.15. The van der Waals surface area contributed by atoms with Crippen LogP contribution in [0.1, 0.15) is 21.6 Å². The summed E-state index contributed by atoms with van der Waals surface area (Å²) in [7, 11) is 1.36. The van der Waals surface area contributed by atoms with Crippen molar-refractivity contribution in [1.29, 1.82) is 0 Å². The topological polar surface area (TPSA) is 51.2 Å². The van der Waals surface area contributed by atoms with Crippen molar-refractivity contribution < 1.29 is 9.53 Å². The van der Waals surface area contributed by atoms with E-state index in [4.69, 9.17) is 4.74 Å². The van der Waals surface area contributed by atoms with Crippen LogP contribution in [0.4, 0.5) is 5.82 Å². The van der Waals surface area contributed by atoms with Crippen molar-refractivity contribution >= 4 is 27.7 Å². The van der Waals surface area contributed by atoms with Crippen molar-refractivity contribution in [3.8, 4) is 0 Å². The molecular formula is C15H15BrN2O2. The normalized spacial score (nSPS) is 10.2. The van der Waals surface area contributed by atoms with Gasteiger partial charge in [0.05, 0.1) is 18.4 Å². The van der Waals surface area contributed by atoms with Crippen LogP contribution in [-0.2, 0) is 11.3 Å². The van der Waals surface area contributed by atoms with Gasteiger partial charge in [-0.25, -0.2) is 9.78 Å². The molecule has 1 aromatic heterocycles. The number of carbonyl (C=O) groups is 1. The zero-order chi connectivity index (χ0) is 14.5. The Bertz CT molecular complexity index is 629. The number of esters is 1. The third-order valence-corrected chi connectivity index (χ3v) is 3.35. The molecule has 0 aliphatic rings. The van der Waals surface area contributed by atoms with Gasteiger partial charge >= 0.3 is 5.97 Å². The van der Waals surface area contributed by atoms with E-state index in [0.717, 1.165) is 15.9 Å². The standard InChI is InChI=1S/C15H15BrN2O2/c1-10-13(15(19)20-2)6-7-14(18-10)17-9-11-4-3-5-12(16)8-11/h3-8H,9H2,1-2H3,(H,17,18). The maximum Gasteiger partial charge on any atom is 0.339 e. The van der Waals surface area contributed by atoms with Crippen molar-refractivity contribution in [2.75, 3.05) is 12.4 Å². The molecule has 1 aromatic carbocycles. The molecule has 0 saturated carbocycles. The zero-order valence-electron chi connectivity index (χ0n) is 11.3. The lowest BCUT2D eigenvalue weighted by atomic mass is 10.2. The fourth-order valence-corrected chi connectivity index (χ4v) is 2.27. The highest BCUT2D eigenvalue weighted by Gasteiger charge is 2.10. The second kappa shape index (κ2) is 6.52. The molecule has 20 heavy (non-hydrogen) atoms. The molecule has 0 bridgehead atoms. The Hall–Kier alpha value is -1.88. The summed E-state index contributed by atoms with van der Waals surface area (Å²) in [6.45, 7) is 2.46. The summed E-state index contributed by atoms with van der Waals surface area (Å²) < 4.78 is 5.74. The predicted molar refractivity (Wildman–Crippen MR) is 81.8 cm³/mol. The molecule has 0 aliphatic heterocycles. The Morgan fingerprint density at radius 3 is 2.80 bits per heavy atom. The Kier molecular flexibility index (Phi) is 4.74. The highest BCUT2D eigenvalue weighted by atomic mass is 79.9. The number of ether oxygens (including phenoxy) is 1. The molecule has 4 nitrogen and oxygen atoms in total. The maximum absolute atomic E-state index is 11.5. The number of methoxy groups -OCH3 is 1. The Morgan fingerprint density at radius 1 is 1.35 bits per heavy atom. The number of aromatic nitrogens is 1. The van der Waals surface area contributed by atoms with Crippen LogP contribution in [-0.4, -0.2) is 18.1 Å². The van der Waals surface area contributed by atoms with E-state index in [1.807, 2.05) is 24.3 Å². The number of benzene rings is 1. The molecule has 5 heteroatoms. The number of aryl methyl sites for hydroxylation is 1. The van der Waals surface area contributed by atoms with E-state index in [2.05, 4.69) is 26.2 Å². The summed E-state index contributed by atoms with van der Waals surface area (Å²) in [6, 6.07) is 11.5. The van der Waals surface area contributed by atoms with Crippen LogP contribution in [0.2, 0.25) is 0 Å². The minimum atomic E-state index is -0.367. The van der Waals surface area contributed by atoms with Crippen LogP contribution >= 0.6 is 15.9 Å². The van der Waals surface area contributed by atoms with Gasteiger partial charge in [-0.2, -0.15) is 0 Å². The molecule has 2 aromatic rings. The monoisotopic (exact) mass is 334 g/mol. The number of hydrogen-bond acceptors (Lipinski definition) is 4. The van der Waals surface area contributed by atoms with Gasteiger partial charge in [-0.15, -0.1) is 0 Å². The van der Waals surface area contributed by atoms with Crippen LogP contribution in [0, 0.1) is 6.92 Å². The first-order valence-corrected chi connectivity index (χ1v) is 6.93. The molecule has 0 fully saturated rings. The van der Waals surface area contributed by atoms with E-state index in [0.29, 0.717) is 17.8 Å². The van der Waals surface area contributed by atoms with Gasteiger partial charge in [0.1, 0.15) is 5.82 Å². The summed E-state index contributed by atoms with van der Waals surface area (Å²) in [5, 5.41) is 3.23. The lowest BCUT2D eigenvalue weighted by Crippen LogP contribution is -2.08. The van der Waals surface area contributed by atoms with Crippen LogP contribution < -0.4 is 5.32 Å². The van der Waals surface area contributed by atoms with Crippen LogP contribution in [0.15, 0.2) is 40.9 Å². The number of rotatable bonds is 4. The van der Waals surface area contributed by atoms with E-state index in [-0.39, 0.29) is 5.97 Å². The molecule has 0 spiro atoms. The second-order valence-electron chi connectivity index (χ2n) is 4.30. The van der Waals surface area contributed by atoms with Crippen molar-refractivity contribution in [3.63, 3.8) is 0 Å². The van der Waals surface area contributed by atoms with Gasteiger partial charge in [-0.3, -0.25) is 0 Å². The summed E-state index contributed by atoms with van der Waals surface area (Å²) in [5.74, 6) is 0.365. The number of nitrogens with zero attached hydrogens (tertiary/aromatic N) is 1. The number of nitrogens with one attached hydrogen (secondary N) is 1. The van der Waals surface area contributed by atoms with Gasteiger partial charge in [-0.05, 0) is 36.8 Å². The average molecular weight is 335 g/mol. The minimum Gasteiger partial charge on any atom is -0.465 e. The van der Waals surface area contributed by atoms with Crippen molar-refractivity contribution in [2.45, 2.75) is 13.5 Å². The quantitative estimate of drug-likeness (QED) is 0.868. The van der Waals surface area contributed by atoms with Gasteiger partial charge in [0.25, 0.3) is 0 Å². The fraction of sp³-hybridized carbons (Fsp3) is 0.200. The first kappa shape index (κ1) is 14.5. The first-order chi connectivity index (χ1) is 9.60. The van der Waals surface area contributed by atoms with Crippen molar-refractivity contribution in [3.05, 3.63) is 57.7 Å². The van der Waals surface area contributed by atoms with Crippen molar-refractivity contribution in [1.82, 2.24) is 4.98 Å². The average Bonchev–Trinajstić information content (AvgIpc) is 2.44. The number of halogens is 1. The van der Waals surface area contributed by atoms with Gasteiger partial charge in [0, 0.05) is 11.0 Å². The molecule has 0 radical (unpaired) electrons. The number of anilines is 1. The molecule has 1 N–H and O–H groups in total. The van der Waals surface area contributed by atoms with Crippen molar-refractivity contribution in [2.24, 2.45) is 0 Å². The van der Waals surface area contributed by atoms with Gasteiger partial charge in [0.2, 0.25) is 0 Å². The molecule has 104 valence electrons. The summed E-state index contributed by atoms with van der Waals surface area (Å²) in [4.78, 5) is 15.8. The lowest BCUT2D eigenvalue weighted by molar-refractivity contribution is 0.0599. The number of pyridine rings is 1. The van der Waals surface area contributed by atoms with Crippen LogP contribution in [0.25, 0.3) is 0 Å². The van der Waals surface area contributed by atoms with Gasteiger partial charge in [-0.1, -0.05) is 28.1 Å². The SMILES string of the molecule is COC(=O)c1ccc(NCc2cccc(Br)c2)nc1C. The molecule has 0 saturated heterocycles. The molecule has 0 atom stereocenters. The van der Waals surface area contributed by atoms with E-state index < -0.39 is 0 Å². The Morgan fingerprint density at radius 2 is 2.15 bits per heavy atom. The predicted octanol–water partition coefficient (Wildman–Crippen LogP) is 3.55. The maximum atomic E-state index is 11.5. The van der Waals surface area contributed by atoms with Gasteiger partial charge < -0.3 is 10.1 Å².